The first kappa shape index (κ1) is 58.1. The van der Waals surface area contributed by atoms with Gasteiger partial charge in [0.25, 0.3) is 0 Å². The maximum atomic E-state index is 12.7. The van der Waals surface area contributed by atoms with Gasteiger partial charge in [0, 0.05) is 6.42 Å². The lowest BCUT2D eigenvalue weighted by Crippen LogP contribution is -2.37. The summed E-state index contributed by atoms with van der Waals surface area (Å²) in [7, 11) is 1.65. The Bertz CT molecular complexity index is 956. The molecule has 0 aliphatic rings. The summed E-state index contributed by atoms with van der Waals surface area (Å²) in [4.78, 5) is 23.0. The summed E-state index contributed by atoms with van der Waals surface area (Å²) in [6.45, 7) is 4.99. The predicted octanol–water partition coefficient (Wildman–Crippen LogP) is 15.7. The first-order valence-corrected chi connectivity index (χ1v) is 27.0. The monoisotopic (exact) mass is 859 g/mol. The van der Waals surface area contributed by atoms with Crippen LogP contribution in [0.25, 0.3) is 0 Å². The summed E-state index contributed by atoms with van der Waals surface area (Å²) in [6.07, 6.45) is 50.6. The van der Waals surface area contributed by atoms with E-state index in [2.05, 4.69) is 13.8 Å². The Hall–Kier alpha value is -0.920. The van der Waals surface area contributed by atoms with Crippen LogP contribution < -0.4 is 0 Å². The van der Waals surface area contributed by atoms with Crippen molar-refractivity contribution < 1.29 is 37.3 Å². The number of likely N-dealkylation sites (N-methyl/N-ethyl adjacent to an activating group) is 1. The highest BCUT2D eigenvalue weighted by Gasteiger charge is 2.26. The van der Waals surface area contributed by atoms with Crippen molar-refractivity contribution in [1.82, 2.24) is 0 Å². The molecule has 0 spiro atoms. The van der Waals surface area contributed by atoms with Crippen molar-refractivity contribution in [3.63, 3.8) is 0 Å². The van der Waals surface area contributed by atoms with E-state index in [9.17, 15) is 14.3 Å². The molecule has 0 aromatic rings. The van der Waals surface area contributed by atoms with Crippen LogP contribution in [0.15, 0.2) is 12.3 Å². The van der Waals surface area contributed by atoms with Gasteiger partial charge < -0.3 is 18.9 Å². The third kappa shape index (κ3) is 48.0. The lowest BCUT2D eigenvalue weighted by atomic mass is 10.0. The second-order valence-electron chi connectivity index (χ2n) is 18.6. The molecule has 1 N–H and O–H groups in total. The number of quaternary nitrogens is 1. The zero-order valence-electron chi connectivity index (χ0n) is 40.0. The molecule has 0 rings (SSSR count). The Morgan fingerprint density at radius 3 is 1.25 bits per heavy atom. The third-order valence-corrected chi connectivity index (χ3v) is 12.4. The average Bonchev–Trinajstić information content (AvgIpc) is 3.19. The van der Waals surface area contributed by atoms with E-state index in [-0.39, 0.29) is 25.8 Å². The molecule has 0 amide bonds. The molecule has 8 nitrogen and oxygen atoms in total. The quantitative estimate of drug-likeness (QED) is 0.0214. The van der Waals surface area contributed by atoms with E-state index in [0.717, 1.165) is 32.1 Å². The smallest absolute Gasteiger partial charge is 0.472 e. The zero-order valence-corrected chi connectivity index (χ0v) is 40.9. The first-order chi connectivity index (χ1) is 28.6. The molecule has 0 aliphatic carbocycles. The molecule has 0 radical (unpaired) electrons. The lowest BCUT2D eigenvalue weighted by Gasteiger charge is -2.24. The van der Waals surface area contributed by atoms with E-state index in [4.69, 9.17) is 18.5 Å². The standard InChI is InChI=1S/C50H100NO7P/c1-6-8-10-12-14-16-18-20-22-24-26-27-29-31-33-35-37-39-41-43-50(52)58-49(48-57-59(53,54)56-46-44-51(3,4)5)47-55-45-42-40-38-36-34-32-30-28-25-23-21-19-17-15-13-11-9-7-2/h42,45,49H,6-41,43-44,46-48H2,1-5H3/p+1/b45-42-/t49-/m1/s1. The highest BCUT2D eigenvalue weighted by atomic mass is 31.2. The van der Waals surface area contributed by atoms with Gasteiger partial charge in [0.05, 0.1) is 34.0 Å². The number of ether oxygens (including phenoxy) is 2. The van der Waals surface area contributed by atoms with Crippen LogP contribution in [0.4, 0.5) is 0 Å². The topological polar surface area (TPSA) is 91.3 Å². The number of esters is 1. The van der Waals surface area contributed by atoms with Gasteiger partial charge in [0.15, 0.2) is 6.10 Å². The van der Waals surface area contributed by atoms with Crippen molar-refractivity contribution in [2.24, 2.45) is 0 Å². The Balaban J connectivity index is 4.15. The number of allylic oxidation sites excluding steroid dienone is 1. The van der Waals surface area contributed by atoms with Gasteiger partial charge in [-0.2, -0.15) is 0 Å². The summed E-state index contributed by atoms with van der Waals surface area (Å²) < 4.78 is 34.9. The van der Waals surface area contributed by atoms with Crippen LogP contribution in [0.5, 0.6) is 0 Å². The average molecular weight is 859 g/mol. The highest BCUT2D eigenvalue weighted by molar-refractivity contribution is 7.47. The molecule has 0 bridgehead atoms. The molecule has 352 valence electrons. The molecular formula is C50H101NO7P+. The fourth-order valence-electron chi connectivity index (χ4n) is 7.46. The van der Waals surface area contributed by atoms with Crippen molar-refractivity contribution in [3.05, 3.63) is 12.3 Å². The van der Waals surface area contributed by atoms with E-state index < -0.39 is 13.9 Å². The van der Waals surface area contributed by atoms with Crippen molar-refractivity contribution in [3.8, 4) is 0 Å². The fourth-order valence-corrected chi connectivity index (χ4v) is 8.20. The highest BCUT2D eigenvalue weighted by Crippen LogP contribution is 2.43. The second kappa shape index (κ2) is 43.7. The number of hydrogen-bond donors (Lipinski definition) is 1. The summed E-state index contributed by atoms with van der Waals surface area (Å²) in [5, 5.41) is 0. The van der Waals surface area contributed by atoms with Gasteiger partial charge in [0.1, 0.15) is 19.8 Å². The fraction of sp³-hybridized carbons (Fsp3) is 0.940. The Morgan fingerprint density at radius 2 is 0.881 bits per heavy atom. The summed E-state index contributed by atoms with van der Waals surface area (Å²) in [5.74, 6) is -0.329. The van der Waals surface area contributed by atoms with Crippen LogP contribution in [0.2, 0.25) is 0 Å². The minimum Gasteiger partial charge on any atom is -0.498 e. The molecule has 0 saturated carbocycles. The lowest BCUT2D eigenvalue weighted by molar-refractivity contribution is -0.870. The first-order valence-electron chi connectivity index (χ1n) is 25.5. The molecule has 0 fully saturated rings. The largest absolute Gasteiger partial charge is 0.498 e. The number of carbonyl (C=O) groups is 1. The van der Waals surface area contributed by atoms with Crippen LogP contribution >= 0.6 is 7.82 Å². The van der Waals surface area contributed by atoms with Gasteiger partial charge in [-0.15, -0.1) is 0 Å². The molecule has 9 heteroatoms. The number of unbranched alkanes of at least 4 members (excludes halogenated alkanes) is 34. The minimum atomic E-state index is -4.29. The molecule has 0 aliphatic heterocycles. The normalized spacial score (nSPS) is 13.6. The number of phosphoric ester groups is 1. The van der Waals surface area contributed by atoms with Crippen molar-refractivity contribution >= 4 is 13.8 Å². The summed E-state index contributed by atoms with van der Waals surface area (Å²) in [5.41, 5.74) is 0. The van der Waals surface area contributed by atoms with Crippen LogP contribution in [-0.4, -0.2) is 69.0 Å². The minimum absolute atomic E-state index is 0.0548. The van der Waals surface area contributed by atoms with E-state index in [1.54, 1.807) is 6.26 Å². The molecule has 59 heavy (non-hydrogen) atoms. The molecule has 0 aromatic carbocycles. The van der Waals surface area contributed by atoms with Crippen molar-refractivity contribution in [2.45, 2.75) is 258 Å². The predicted molar refractivity (Wildman–Crippen MR) is 252 cm³/mol. The molecule has 1 unspecified atom stereocenters. The third-order valence-electron chi connectivity index (χ3n) is 11.4. The van der Waals surface area contributed by atoms with E-state index >= 15 is 0 Å². The van der Waals surface area contributed by atoms with Gasteiger partial charge in [-0.3, -0.25) is 13.8 Å². The van der Waals surface area contributed by atoms with Gasteiger partial charge in [0.2, 0.25) is 0 Å². The van der Waals surface area contributed by atoms with Crippen LogP contribution in [0, 0.1) is 0 Å². The van der Waals surface area contributed by atoms with E-state index in [1.165, 1.54) is 199 Å². The maximum Gasteiger partial charge on any atom is 0.472 e. The molecule has 0 saturated heterocycles. The summed E-state index contributed by atoms with van der Waals surface area (Å²) >= 11 is 0. The number of hydrogen-bond acceptors (Lipinski definition) is 6. The Labute approximate surface area is 367 Å². The zero-order chi connectivity index (χ0) is 43.4. The van der Waals surface area contributed by atoms with Crippen LogP contribution in [0.1, 0.15) is 251 Å². The van der Waals surface area contributed by atoms with Crippen LogP contribution in [0.3, 0.4) is 0 Å². The van der Waals surface area contributed by atoms with Crippen molar-refractivity contribution in [1.29, 1.82) is 0 Å². The Morgan fingerprint density at radius 1 is 0.525 bits per heavy atom. The number of rotatable bonds is 48. The maximum absolute atomic E-state index is 12.7. The number of carbonyl (C=O) groups excluding carboxylic acids is 1. The van der Waals surface area contributed by atoms with Crippen LogP contribution in [-0.2, 0) is 27.9 Å². The van der Waals surface area contributed by atoms with E-state index in [0.29, 0.717) is 17.4 Å². The Kier molecular flexibility index (Phi) is 43.0. The SMILES string of the molecule is CCCCCCCCCCCCCCCCCC/C=C\OC[C@H](COP(=O)(O)OCC[N+](C)(C)C)OC(=O)CCCCCCCCCCCCCCCCCCCCC. The number of phosphoric acid groups is 1. The number of nitrogens with zero attached hydrogens (tertiary/aromatic N) is 1. The van der Waals surface area contributed by atoms with Gasteiger partial charge in [-0.05, 0) is 25.3 Å². The molecule has 2 atom stereocenters. The molecule has 0 aromatic heterocycles. The van der Waals surface area contributed by atoms with Gasteiger partial charge >= 0.3 is 13.8 Å². The van der Waals surface area contributed by atoms with Gasteiger partial charge in [-0.25, -0.2) is 4.57 Å². The second-order valence-corrected chi connectivity index (χ2v) is 20.1. The molecular weight excluding hydrogens is 758 g/mol. The van der Waals surface area contributed by atoms with E-state index in [1.807, 2.05) is 27.2 Å². The molecule has 0 heterocycles. The van der Waals surface area contributed by atoms with Crippen molar-refractivity contribution in [2.75, 3.05) is 47.5 Å². The van der Waals surface area contributed by atoms with Gasteiger partial charge in [-0.1, -0.05) is 226 Å². The summed E-state index contributed by atoms with van der Waals surface area (Å²) in [6, 6.07) is 0.